The molecular formula is C19H17NO4. The molecule has 122 valence electrons. The first-order chi connectivity index (χ1) is 11.7. The van der Waals surface area contributed by atoms with Crippen LogP contribution in [0.4, 0.5) is 5.69 Å². The largest absolute Gasteiger partial charge is 0.492 e. The Kier molecular flexibility index (Phi) is 2.66. The predicted octanol–water partition coefficient (Wildman–Crippen LogP) is 2.50. The summed E-state index contributed by atoms with van der Waals surface area (Å²) in [6, 6.07) is 12.0. The average molecular weight is 323 g/mol. The van der Waals surface area contributed by atoms with Gasteiger partial charge in [0.25, 0.3) is 0 Å². The van der Waals surface area contributed by atoms with E-state index in [0.29, 0.717) is 26.4 Å². The highest BCUT2D eigenvalue weighted by Crippen LogP contribution is 2.54. The topological polar surface area (TPSA) is 48.0 Å². The van der Waals surface area contributed by atoms with Gasteiger partial charge in [0, 0.05) is 30.8 Å². The summed E-state index contributed by atoms with van der Waals surface area (Å²) in [6.07, 6.45) is 0. The second kappa shape index (κ2) is 4.66. The van der Waals surface area contributed by atoms with Gasteiger partial charge in [-0.3, -0.25) is 4.79 Å². The van der Waals surface area contributed by atoms with Crippen LogP contribution in [0.5, 0.6) is 17.2 Å². The zero-order valence-corrected chi connectivity index (χ0v) is 13.4. The lowest BCUT2D eigenvalue weighted by Gasteiger charge is -2.25. The Morgan fingerprint density at radius 2 is 1.75 bits per heavy atom. The van der Waals surface area contributed by atoms with Crippen LogP contribution in [0.3, 0.4) is 0 Å². The second-order valence-corrected chi connectivity index (χ2v) is 6.49. The monoisotopic (exact) mass is 323 g/mol. The molecule has 0 fully saturated rings. The maximum atomic E-state index is 12.1. The molecule has 1 spiro atoms. The lowest BCUT2D eigenvalue weighted by atomic mass is 9.77. The summed E-state index contributed by atoms with van der Waals surface area (Å²) >= 11 is 0. The van der Waals surface area contributed by atoms with Crippen molar-refractivity contribution >= 4 is 11.6 Å². The van der Waals surface area contributed by atoms with E-state index in [9.17, 15) is 4.79 Å². The van der Waals surface area contributed by atoms with Crippen LogP contribution in [0.2, 0.25) is 0 Å². The number of fused-ring (bicyclic) bond motifs is 5. The summed E-state index contributed by atoms with van der Waals surface area (Å²) in [5.41, 5.74) is 2.84. The fourth-order valence-electron chi connectivity index (χ4n) is 4.03. The van der Waals surface area contributed by atoms with E-state index in [1.165, 1.54) is 0 Å². The van der Waals surface area contributed by atoms with E-state index in [4.69, 9.17) is 14.2 Å². The SMILES string of the molecule is CC(=O)N1CC2(COc3cc4c(cc32)OCCO4)c2ccccc21. The second-order valence-electron chi connectivity index (χ2n) is 6.49. The van der Waals surface area contributed by atoms with Crippen molar-refractivity contribution in [2.24, 2.45) is 0 Å². The molecule has 0 saturated heterocycles. The van der Waals surface area contributed by atoms with E-state index in [1.807, 2.05) is 35.2 Å². The van der Waals surface area contributed by atoms with Crippen LogP contribution < -0.4 is 19.1 Å². The van der Waals surface area contributed by atoms with Crippen LogP contribution in [0, 0.1) is 0 Å². The average Bonchev–Trinajstić information content (AvgIpc) is 3.13. The summed E-state index contributed by atoms with van der Waals surface area (Å²) in [7, 11) is 0. The fourth-order valence-corrected chi connectivity index (χ4v) is 4.03. The molecule has 3 aliphatic heterocycles. The molecule has 24 heavy (non-hydrogen) atoms. The zero-order chi connectivity index (χ0) is 16.3. The van der Waals surface area contributed by atoms with E-state index < -0.39 is 0 Å². The Hall–Kier alpha value is -2.69. The highest BCUT2D eigenvalue weighted by molar-refractivity contribution is 5.95. The molecule has 5 heteroatoms. The molecule has 1 atom stereocenters. The maximum Gasteiger partial charge on any atom is 0.223 e. The molecular weight excluding hydrogens is 306 g/mol. The van der Waals surface area contributed by atoms with E-state index in [0.717, 1.165) is 34.1 Å². The molecule has 0 radical (unpaired) electrons. The van der Waals surface area contributed by atoms with Gasteiger partial charge in [0.15, 0.2) is 11.5 Å². The minimum atomic E-state index is -0.340. The summed E-state index contributed by atoms with van der Waals surface area (Å²) in [5.74, 6) is 2.35. The summed E-state index contributed by atoms with van der Waals surface area (Å²) in [4.78, 5) is 14.0. The van der Waals surface area contributed by atoms with Gasteiger partial charge < -0.3 is 19.1 Å². The number of amides is 1. The predicted molar refractivity (Wildman–Crippen MR) is 88.2 cm³/mol. The molecule has 5 rings (SSSR count). The minimum Gasteiger partial charge on any atom is -0.492 e. The smallest absolute Gasteiger partial charge is 0.223 e. The van der Waals surface area contributed by atoms with Crippen molar-refractivity contribution in [3.8, 4) is 17.2 Å². The number of ether oxygens (including phenoxy) is 3. The summed E-state index contributed by atoms with van der Waals surface area (Å²) in [6.45, 7) is 3.82. The van der Waals surface area contributed by atoms with Crippen molar-refractivity contribution in [2.45, 2.75) is 12.3 Å². The van der Waals surface area contributed by atoms with Gasteiger partial charge in [-0.15, -0.1) is 0 Å². The maximum absolute atomic E-state index is 12.1. The number of rotatable bonds is 0. The van der Waals surface area contributed by atoms with Crippen molar-refractivity contribution in [3.05, 3.63) is 47.5 Å². The number of hydrogen-bond acceptors (Lipinski definition) is 4. The lowest BCUT2D eigenvalue weighted by molar-refractivity contribution is -0.116. The molecule has 1 unspecified atom stereocenters. The third-order valence-corrected chi connectivity index (χ3v) is 5.15. The highest BCUT2D eigenvalue weighted by atomic mass is 16.6. The third kappa shape index (κ3) is 1.67. The van der Waals surface area contributed by atoms with Crippen molar-refractivity contribution in [2.75, 3.05) is 31.3 Å². The molecule has 0 saturated carbocycles. The first-order valence-corrected chi connectivity index (χ1v) is 8.14. The van der Waals surface area contributed by atoms with Crippen molar-refractivity contribution in [1.29, 1.82) is 0 Å². The fraction of sp³-hybridized carbons (Fsp3) is 0.316. The number of carbonyl (C=O) groups is 1. The van der Waals surface area contributed by atoms with Gasteiger partial charge in [-0.1, -0.05) is 18.2 Å². The molecule has 0 bridgehead atoms. The highest BCUT2D eigenvalue weighted by Gasteiger charge is 2.51. The number of hydrogen-bond donors (Lipinski definition) is 0. The molecule has 0 aliphatic carbocycles. The Morgan fingerprint density at radius 1 is 1.00 bits per heavy atom. The number of para-hydroxylation sites is 1. The van der Waals surface area contributed by atoms with Gasteiger partial charge in [0.1, 0.15) is 25.6 Å². The summed E-state index contributed by atoms with van der Waals surface area (Å²) < 4.78 is 17.4. The lowest BCUT2D eigenvalue weighted by Crippen LogP contribution is -2.38. The molecule has 2 aromatic carbocycles. The number of carbonyl (C=O) groups excluding carboxylic acids is 1. The van der Waals surface area contributed by atoms with E-state index >= 15 is 0 Å². The molecule has 1 amide bonds. The number of benzene rings is 2. The summed E-state index contributed by atoms with van der Waals surface area (Å²) in [5, 5.41) is 0. The van der Waals surface area contributed by atoms with Crippen LogP contribution >= 0.6 is 0 Å². The molecule has 2 aromatic rings. The molecule has 0 N–H and O–H groups in total. The zero-order valence-electron chi connectivity index (χ0n) is 13.4. The Balaban J connectivity index is 1.71. The number of anilines is 1. The van der Waals surface area contributed by atoms with E-state index in [-0.39, 0.29) is 11.3 Å². The Morgan fingerprint density at radius 3 is 2.54 bits per heavy atom. The first kappa shape index (κ1) is 13.7. The first-order valence-electron chi connectivity index (χ1n) is 8.14. The van der Waals surface area contributed by atoms with Crippen LogP contribution in [-0.4, -0.2) is 32.3 Å². The van der Waals surface area contributed by atoms with Crippen molar-refractivity contribution < 1.29 is 19.0 Å². The normalized spacial score (nSPS) is 23.0. The van der Waals surface area contributed by atoms with Crippen molar-refractivity contribution in [3.63, 3.8) is 0 Å². The Bertz CT molecular complexity index is 862. The van der Waals surface area contributed by atoms with Gasteiger partial charge in [-0.25, -0.2) is 0 Å². The molecule has 5 nitrogen and oxygen atoms in total. The van der Waals surface area contributed by atoms with Crippen LogP contribution in [-0.2, 0) is 10.2 Å². The third-order valence-electron chi connectivity index (χ3n) is 5.15. The van der Waals surface area contributed by atoms with E-state index in [1.54, 1.807) is 6.92 Å². The quantitative estimate of drug-likeness (QED) is 0.747. The van der Waals surface area contributed by atoms with Gasteiger partial charge >= 0.3 is 0 Å². The molecule has 0 aromatic heterocycles. The van der Waals surface area contributed by atoms with Crippen molar-refractivity contribution in [1.82, 2.24) is 0 Å². The van der Waals surface area contributed by atoms with Crippen LogP contribution in [0.15, 0.2) is 36.4 Å². The van der Waals surface area contributed by atoms with Gasteiger partial charge in [-0.05, 0) is 17.7 Å². The number of nitrogens with zero attached hydrogens (tertiary/aromatic N) is 1. The van der Waals surface area contributed by atoms with Crippen LogP contribution in [0.25, 0.3) is 0 Å². The van der Waals surface area contributed by atoms with Crippen LogP contribution in [0.1, 0.15) is 18.1 Å². The molecule has 3 heterocycles. The van der Waals surface area contributed by atoms with E-state index in [2.05, 4.69) is 6.07 Å². The standard InChI is InChI=1S/C19H17NO4/c1-12(21)20-10-19(13-4-2-3-5-15(13)20)11-24-16-9-18-17(8-14(16)19)22-6-7-23-18/h2-5,8-9H,6-7,10-11H2,1H3. The van der Waals surface area contributed by atoms with Gasteiger partial charge in [-0.2, -0.15) is 0 Å². The Labute approximate surface area is 139 Å². The van der Waals surface area contributed by atoms with Gasteiger partial charge in [0.2, 0.25) is 5.91 Å². The van der Waals surface area contributed by atoms with Gasteiger partial charge in [0.05, 0.1) is 5.41 Å². The minimum absolute atomic E-state index is 0.0466. The molecule has 3 aliphatic rings.